The quantitative estimate of drug-likeness (QED) is 0.682. The molecule has 20 heavy (non-hydrogen) atoms. The minimum absolute atomic E-state index is 0.116. The third-order valence-corrected chi connectivity index (χ3v) is 3.09. The Kier molecular flexibility index (Phi) is 4.31. The number of pyridine rings is 1. The third-order valence-electron chi connectivity index (χ3n) is 2.59. The van der Waals surface area contributed by atoms with Crippen molar-refractivity contribution in [3.63, 3.8) is 0 Å². The lowest BCUT2D eigenvalue weighted by molar-refractivity contribution is -0.385. The molecule has 7 heteroatoms. The summed E-state index contributed by atoms with van der Waals surface area (Å²) in [6.07, 6.45) is 1.47. The van der Waals surface area contributed by atoms with Gasteiger partial charge in [-0.1, -0.05) is 15.9 Å². The van der Waals surface area contributed by atoms with Crippen LogP contribution in [0.15, 0.2) is 34.9 Å². The Morgan fingerprint density at radius 1 is 1.45 bits per heavy atom. The van der Waals surface area contributed by atoms with Crippen LogP contribution in [-0.2, 0) is 6.61 Å². The second-order valence-corrected chi connectivity index (χ2v) is 5.01. The van der Waals surface area contributed by atoms with Gasteiger partial charge in [-0.15, -0.1) is 0 Å². The standard InChI is InChI=1S/C13H11BrN2O4/c1-8-4-9(7-17)6-15-13(8)20-12-3-2-10(14)5-11(12)16(18)19/h2-6,17H,7H2,1H3. The van der Waals surface area contributed by atoms with Crippen LogP contribution in [0.3, 0.4) is 0 Å². The molecule has 0 atom stereocenters. The van der Waals surface area contributed by atoms with Gasteiger partial charge in [-0.3, -0.25) is 10.1 Å². The van der Waals surface area contributed by atoms with E-state index in [2.05, 4.69) is 20.9 Å². The van der Waals surface area contributed by atoms with Crippen LogP contribution in [0.1, 0.15) is 11.1 Å². The number of nitro groups is 1. The number of nitrogens with zero attached hydrogens (tertiary/aromatic N) is 2. The highest BCUT2D eigenvalue weighted by molar-refractivity contribution is 9.10. The van der Waals surface area contributed by atoms with Gasteiger partial charge in [0.15, 0.2) is 0 Å². The number of nitro benzene ring substituents is 1. The zero-order chi connectivity index (χ0) is 14.7. The molecule has 1 aromatic carbocycles. The largest absolute Gasteiger partial charge is 0.432 e. The highest BCUT2D eigenvalue weighted by Crippen LogP contribution is 2.34. The van der Waals surface area contributed by atoms with Crippen LogP contribution >= 0.6 is 15.9 Å². The molecule has 1 aromatic heterocycles. The van der Waals surface area contributed by atoms with Crippen LogP contribution in [0.4, 0.5) is 5.69 Å². The summed E-state index contributed by atoms with van der Waals surface area (Å²) in [5.74, 6) is 0.387. The maximum Gasteiger partial charge on any atom is 0.312 e. The molecule has 0 aliphatic carbocycles. The molecule has 0 radical (unpaired) electrons. The Morgan fingerprint density at radius 2 is 2.20 bits per heavy atom. The molecule has 1 N–H and O–H groups in total. The topological polar surface area (TPSA) is 85.5 Å². The van der Waals surface area contributed by atoms with Gasteiger partial charge in [-0.2, -0.15) is 0 Å². The van der Waals surface area contributed by atoms with Gasteiger partial charge in [0.1, 0.15) is 0 Å². The number of benzene rings is 1. The fourth-order valence-electron chi connectivity index (χ4n) is 1.64. The van der Waals surface area contributed by atoms with E-state index in [0.29, 0.717) is 15.6 Å². The van der Waals surface area contributed by atoms with E-state index in [4.69, 9.17) is 9.84 Å². The maximum absolute atomic E-state index is 11.0. The fourth-order valence-corrected chi connectivity index (χ4v) is 1.99. The van der Waals surface area contributed by atoms with Crippen LogP contribution in [0.25, 0.3) is 0 Å². The smallest absolute Gasteiger partial charge is 0.312 e. The molecule has 0 aliphatic rings. The first-order valence-electron chi connectivity index (χ1n) is 5.69. The highest BCUT2D eigenvalue weighted by atomic mass is 79.9. The molecule has 0 amide bonds. The van der Waals surface area contributed by atoms with Crippen molar-refractivity contribution >= 4 is 21.6 Å². The Morgan fingerprint density at radius 3 is 2.80 bits per heavy atom. The third kappa shape index (κ3) is 3.12. The van der Waals surface area contributed by atoms with E-state index >= 15 is 0 Å². The van der Waals surface area contributed by atoms with Crippen molar-refractivity contribution in [3.8, 4) is 11.6 Å². The van der Waals surface area contributed by atoms with E-state index in [1.807, 2.05) is 0 Å². The SMILES string of the molecule is Cc1cc(CO)cnc1Oc1ccc(Br)cc1[N+](=O)[O-]. The molecule has 104 valence electrons. The molecule has 6 nitrogen and oxygen atoms in total. The predicted molar refractivity (Wildman–Crippen MR) is 75.8 cm³/mol. The van der Waals surface area contributed by atoms with Crippen LogP contribution in [0.5, 0.6) is 11.6 Å². The molecular formula is C13H11BrN2O4. The van der Waals surface area contributed by atoms with E-state index in [0.717, 1.165) is 0 Å². The van der Waals surface area contributed by atoms with Gasteiger partial charge < -0.3 is 9.84 Å². The average Bonchev–Trinajstić information content (AvgIpc) is 2.42. The Bertz CT molecular complexity index is 661. The number of hydrogen-bond acceptors (Lipinski definition) is 5. The number of aliphatic hydroxyl groups is 1. The lowest BCUT2D eigenvalue weighted by atomic mass is 10.2. The summed E-state index contributed by atoms with van der Waals surface area (Å²) in [5.41, 5.74) is 1.20. The van der Waals surface area contributed by atoms with Crippen molar-refractivity contribution in [3.05, 3.63) is 56.2 Å². The molecule has 0 unspecified atom stereocenters. The van der Waals surface area contributed by atoms with E-state index in [-0.39, 0.29) is 23.9 Å². The molecule has 2 aromatic rings. The maximum atomic E-state index is 11.0. The van der Waals surface area contributed by atoms with Crippen LogP contribution in [0, 0.1) is 17.0 Å². The molecule has 0 saturated carbocycles. The Balaban J connectivity index is 2.37. The van der Waals surface area contributed by atoms with Crippen molar-refractivity contribution in [2.45, 2.75) is 13.5 Å². The lowest BCUT2D eigenvalue weighted by Gasteiger charge is -2.09. The lowest BCUT2D eigenvalue weighted by Crippen LogP contribution is -1.97. The minimum Gasteiger partial charge on any atom is -0.432 e. The van der Waals surface area contributed by atoms with Gasteiger partial charge in [-0.25, -0.2) is 4.98 Å². The summed E-state index contributed by atoms with van der Waals surface area (Å²) in [6.45, 7) is 1.64. The van der Waals surface area contributed by atoms with Gasteiger partial charge in [0.25, 0.3) is 0 Å². The summed E-state index contributed by atoms with van der Waals surface area (Å²) in [7, 11) is 0. The van der Waals surface area contributed by atoms with Crippen molar-refractivity contribution in [1.29, 1.82) is 0 Å². The number of halogens is 1. The minimum atomic E-state index is -0.516. The van der Waals surface area contributed by atoms with Gasteiger partial charge >= 0.3 is 5.69 Å². The average molecular weight is 339 g/mol. The molecule has 0 fully saturated rings. The van der Waals surface area contributed by atoms with E-state index < -0.39 is 4.92 Å². The first kappa shape index (κ1) is 14.4. The summed E-state index contributed by atoms with van der Waals surface area (Å²) < 4.78 is 6.10. The van der Waals surface area contributed by atoms with E-state index in [1.54, 1.807) is 19.1 Å². The summed E-state index contributed by atoms with van der Waals surface area (Å²) in [6, 6.07) is 6.24. The van der Waals surface area contributed by atoms with Crippen LogP contribution in [-0.4, -0.2) is 15.0 Å². The van der Waals surface area contributed by atoms with Gasteiger partial charge in [0, 0.05) is 22.3 Å². The molecule has 2 rings (SSSR count). The van der Waals surface area contributed by atoms with Crippen molar-refractivity contribution in [2.24, 2.45) is 0 Å². The first-order chi connectivity index (χ1) is 9.51. The fraction of sp³-hybridized carbons (Fsp3) is 0.154. The number of aryl methyl sites for hydroxylation is 1. The molecule has 0 spiro atoms. The summed E-state index contributed by atoms with van der Waals surface area (Å²) in [5, 5.41) is 20.0. The van der Waals surface area contributed by atoms with E-state index in [9.17, 15) is 10.1 Å². The van der Waals surface area contributed by atoms with Crippen molar-refractivity contribution in [2.75, 3.05) is 0 Å². The number of ether oxygens (including phenoxy) is 1. The van der Waals surface area contributed by atoms with Crippen LogP contribution < -0.4 is 4.74 Å². The monoisotopic (exact) mass is 338 g/mol. The molecular weight excluding hydrogens is 328 g/mol. The van der Waals surface area contributed by atoms with E-state index in [1.165, 1.54) is 18.3 Å². The number of rotatable bonds is 4. The number of hydrogen-bond donors (Lipinski definition) is 1. The predicted octanol–water partition coefficient (Wildman–Crippen LogP) is 3.35. The summed E-state index contributed by atoms with van der Waals surface area (Å²) >= 11 is 3.18. The number of aliphatic hydroxyl groups excluding tert-OH is 1. The second-order valence-electron chi connectivity index (χ2n) is 4.09. The molecule has 1 heterocycles. The van der Waals surface area contributed by atoms with Crippen molar-refractivity contribution in [1.82, 2.24) is 4.98 Å². The zero-order valence-electron chi connectivity index (χ0n) is 10.5. The molecule has 0 bridgehead atoms. The normalized spacial score (nSPS) is 10.3. The Hall–Kier alpha value is -1.99. The highest BCUT2D eigenvalue weighted by Gasteiger charge is 2.17. The summed E-state index contributed by atoms with van der Waals surface area (Å²) in [4.78, 5) is 14.5. The van der Waals surface area contributed by atoms with Crippen LogP contribution in [0.2, 0.25) is 0 Å². The zero-order valence-corrected chi connectivity index (χ0v) is 12.1. The van der Waals surface area contributed by atoms with Gasteiger partial charge in [-0.05, 0) is 30.7 Å². The first-order valence-corrected chi connectivity index (χ1v) is 6.48. The van der Waals surface area contributed by atoms with Gasteiger partial charge in [0.05, 0.1) is 11.5 Å². The van der Waals surface area contributed by atoms with Crippen molar-refractivity contribution < 1.29 is 14.8 Å². The molecule has 0 saturated heterocycles. The Labute approximate surface area is 123 Å². The molecule has 0 aliphatic heterocycles. The second kappa shape index (κ2) is 5.98. The van der Waals surface area contributed by atoms with Gasteiger partial charge in [0.2, 0.25) is 11.6 Å². The number of aromatic nitrogens is 1.